The molecule has 22 heavy (non-hydrogen) atoms. The maximum absolute atomic E-state index is 12.7. The third-order valence-electron chi connectivity index (χ3n) is 4.11. The molecule has 0 bridgehead atoms. The van der Waals surface area contributed by atoms with Crippen LogP contribution in [0, 0.1) is 5.41 Å². The molecule has 1 atom stereocenters. The molecule has 2 rings (SSSR count). The first-order chi connectivity index (χ1) is 10.3. The molecule has 6 heteroatoms. The predicted octanol–water partition coefficient (Wildman–Crippen LogP) is 2.40. The summed E-state index contributed by atoms with van der Waals surface area (Å²) in [5.74, 6) is -0.424. The standard InChI is InChI=1S/C16H22N2O4/c1-15(2,3)16(9-10-18(17-16)14(20)21)13(19)22-11-12-7-5-4-6-8-12/h4-8,17H,9-11H2,1-3H3,(H,20,21). The topological polar surface area (TPSA) is 78.9 Å². The van der Waals surface area contributed by atoms with Crippen molar-refractivity contribution in [3.8, 4) is 0 Å². The minimum atomic E-state index is -1.10. The lowest BCUT2D eigenvalue weighted by Gasteiger charge is -2.39. The van der Waals surface area contributed by atoms with Crippen LogP contribution >= 0.6 is 0 Å². The van der Waals surface area contributed by atoms with Crippen molar-refractivity contribution >= 4 is 12.1 Å². The van der Waals surface area contributed by atoms with Crippen molar-refractivity contribution in [3.05, 3.63) is 35.9 Å². The zero-order valence-electron chi connectivity index (χ0n) is 13.1. The van der Waals surface area contributed by atoms with E-state index < -0.39 is 23.0 Å². The Labute approximate surface area is 130 Å². The second-order valence-corrected chi connectivity index (χ2v) is 6.51. The minimum absolute atomic E-state index is 0.173. The molecular weight excluding hydrogens is 284 g/mol. The van der Waals surface area contributed by atoms with E-state index in [4.69, 9.17) is 9.84 Å². The number of benzene rings is 1. The van der Waals surface area contributed by atoms with Gasteiger partial charge in [-0.25, -0.2) is 20.0 Å². The van der Waals surface area contributed by atoms with Crippen LogP contribution in [-0.4, -0.2) is 34.3 Å². The number of esters is 1. The molecular formula is C16H22N2O4. The van der Waals surface area contributed by atoms with E-state index >= 15 is 0 Å². The molecule has 0 aliphatic carbocycles. The highest BCUT2D eigenvalue weighted by atomic mass is 16.5. The zero-order valence-corrected chi connectivity index (χ0v) is 13.1. The van der Waals surface area contributed by atoms with E-state index in [1.54, 1.807) is 0 Å². The highest BCUT2D eigenvalue weighted by Gasteiger charge is 2.55. The van der Waals surface area contributed by atoms with Crippen molar-refractivity contribution < 1.29 is 19.4 Å². The lowest BCUT2D eigenvalue weighted by Crippen LogP contribution is -2.60. The summed E-state index contributed by atoms with van der Waals surface area (Å²) in [6.45, 7) is 6.12. The molecule has 1 unspecified atom stereocenters. The fraction of sp³-hybridized carbons (Fsp3) is 0.500. The molecule has 120 valence electrons. The fourth-order valence-electron chi connectivity index (χ4n) is 2.61. The van der Waals surface area contributed by atoms with Gasteiger partial charge in [-0.1, -0.05) is 51.1 Å². The van der Waals surface area contributed by atoms with E-state index in [-0.39, 0.29) is 13.2 Å². The van der Waals surface area contributed by atoms with Crippen molar-refractivity contribution in [3.63, 3.8) is 0 Å². The van der Waals surface area contributed by atoms with Gasteiger partial charge in [-0.05, 0) is 17.4 Å². The average Bonchev–Trinajstić information content (AvgIpc) is 2.92. The highest BCUT2D eigenvalue weighted by Crippen LogP contribution is 2.38. The van der Waals surface area contributed by atoms with Gasteiger partial charge in [0.05, 0.1) is 0 Å². The van der Waals surface area contributed by atoms with Gasteiger partial charge < -0.3 is 9.84 Å². The number of carbonyl (C=O) groups excluding carboxylic acids is 1. The summed E-state index contributed by atoms with van der Waals surface area (Å²) in [6, 6.07) is 9.40. The van der Waals surface area contributed by atoms with Crippen molar-refractivity contribution in [1.82, 2.24) is 10.4 Å². The first kappa shape index (κ1) is 16.3. The van der Waals surface area contributed by atoms with Crippen LogP contribution in [0.1, 0.15) is 32.8 Å². The van der Waals surface area contributed by atoms with E-state index in [1.807, 2.05) is 51.1 Å². The first-order valence-electron chi connectivity index (χ1n) is 7.26. The summed E-state index contributed by atoms with van der Waals surface area (Å²) in [5, 5.41) is 10.2. The quantitative estimate of drug-likeness (QED) is 0.838. The Balaban J connectivity index is 2.13. The maximum Gasteiger partial charge on any atom is 0.421 e. The van der Waals surface area contributed by atoms with Gasteiger partial charge in [0.2, 0.25) is 0 Å². The van der Waals surface area contributed by atoms with Gasteiger partial charge in [-0.2, -0.15) is 0 Å². The summed E-state index contributed by atoms with van der Waals surface area (Å²) >= 11 is 0. The van der Waals surface area contributed by atoms with Crippen LogP contribution in [0.3, 0.4) is 0 Å². The van der Waals surface area contributed by atoms with Gasteiger partial charge >= 0.3 is 12.1 Å². The molecule has 0 radical (unpaired) electrons. The molecule has 0 spiro atoms. The number of hydrazine groups is 1. The lowest BCUT2D eigenvalue weighted by molar-refractivity contribution is -0.158. The molecule has 1 aromatic carbocycles. The molecule has 1 heterocycles. The molecule has 6 nitrogen and oxygen atoms in total. The number of carboxylic acid groups (broad SMARTS) is 1. The molecule has 1 saturated heterocycles. The van der Waals surface area contributed by atoms with Crippen LogP contribution in [0.15, 0.2) is 30.3 Å². The Kier molecular flexibility index (Phi) is 4.42. The zero-order chi connectivity index (χ0) is 16.4. The normalized spacial score (nSPS) is 21.7. The minimum Gasteiger partial charge on any atom is -0.464 e. The third-order valence-corrected chi connectivity index (χ3v) is 4.11. The van der Waals surface area contributed by atoms with E-state index in [0.717, 1.165) is 10.6 Å². The summed E-state index contributed by atoms with van der Waals surface area (Å²) in [5.41, 5.74) is 2.21. The van der Waals surface area contributed by atoms with Crippen LogP contribution in [0.2, 0.25) is 0 Å². The van der Waals surface area contributed by atoms with Crippen LogP contribution in [0.4, 0.5) is 4.79 Å². The van der Waals surface area contributed by atoms with E-state index in [1.165, 1.54) is 0 Å². The summed E-state index contributed by atoms with van der Waals surface area (Å²) in [4.78, 5) is 23.8. The third kappa shape index (κ3) is 3.06. The van der Waals surface area contributed by atoms with Crippen LogP contribution in [0.5, 0.6) is 0 Å². The molecule has 1 fully saturated rings. The van der Waals surface area contributed by atoms with Crippen molar-refractivity contribution in [2.45, 2.75) is 39.3 Å². The van der Waals surface area contributed by atoms with Gasteiger partial charge in [-0.15, -0.1) is 0 Å². The molecule has 2 N–H and O–H groups in total. The molecule has 1 aromatic rings. The summed E-state index contributed by atoms with van der Waals surface area (Å²) in [7, 11) is 0. The van der Waals surface area contributed by atoms with Crippen LogP contribution in [0.25, 0.3) is 0 Å². The van der Waals surface area contributed by atoms with E-state index in [2.05, 4.69) is 5.43 Å². The van der Waals surface area contributed by atoms with E-state index in [0.29, 0.717) is 6.42 Å². The number of nitrogens with one attached hydrogen (secondary N) is 1. The average molecular weight is 306 g/mol. The Morgan fingerprint density at radius 2 is 1.95 bits per heavy atom. The molecule has 0 saturated carbocycles. The van der Waals surface area contributed by atoms with Gasteiger partial charge in [0.15, 0.2) is 0 Å². The number of nitrogens with zero attached hydrogens (tertiary/aromatic N) is 1. The predicted molar refractivity (Wildman–Crippen MR) is 80.9 cm³/mol. The Morgan fingerprint density at radius 3 is 2.45 bits per heavy atom. The van der Waals surface area contributed by atoms with Crippen molar-refractivity contribution in [2.75, 3.05) is 6.54 Å². The number of amides is 1. The van der Waals surface area contributed by atoms with Gasteiger partial charge in [-0.3, -0.25) is 0 Å². The number of hydrogen-bond acceptors (Lipinski definition) is 4. The van der Waals surface area contributed by atoms with E-state index in [9.17, 15) is 9.59 Å². The monoisotopic (exact) mass is 306 g/mol. The van der Waals surface area contributed by atoms with Crippen molar-refractivity contribution in [1.29, 1.82) is 0 Å². The van der Waals surface area contributed by atoms with Gasteiger partial charge in [0.1, 0.15) is 12.1 Å². The number of ether oxygens (including phenoxy) is 1. The molecule has 1 amide bonds. The highest BCUT2D eigenvalue weighted by molar-refractivity contribution is 5.83. The number of carbonyl (C=O) groups is 2. The molecule has 0 aromatic heterocycles. The largest absolute Gasteiger partial charge is 0.464 e. The Morgan fingerprint density at radius 1 is 1.32 bits per heavy atom. The number of hydrogen-bond donors (Lipinski definition) is 2. The molecule has 1 aliphatic heterocycles. The van der Waals surface area contributed by atoms with Crippen LogP contribution < -0.4 is 5.43 Å². The van der Waals surface area contributed by atoms with Crippen molar-refractivity contribution in [2.24, 2.45) is 5.41 Å². The maximum atomic E-state index is 12.7. The Hall–Kier alpha value is -2.08. The molecule has 1 aliphatic rings. The smallest absolute Gasteiger partial charge is 0.421 e. The second-order valence-electron chi connectivity index (χ2n) is 6.51. The summed E-state index contributed by atoms with van der Waals surface area (Å²) in [6.07, 6.45) is -0.710. The Bertz CT molecular complexity index is 553. The lowest BCUT2D eigenvalue weighted by atomic mass is 9.72. The SMILES string of the molecule is CC(C)(C)C1(C(=O)OCc2ccccc2)CCN(C(=O)O)N1. The van der Waals surface area contributed by atoms with Gasteiger partial charge in [0, 0.05) is 6.54 Å². The summed E-state index contributed by atoms with van der Waals surface area (Å²) < 4.78 is 5.45. The van der Waals surface area contributed by atoms with Crippen LogP contribution in [-0.2, 0) is 16.1 Å². The van der Waals surface area contributed by atoms with Gasteiger partial charge in [0.25, 0.3) is 0 Å². The first-order valence-corrected chi connectivity index (χ1v) is 7.26. The fourth-order valence-corrected chi connectivity index (χ4v) is 2.61. The second kappa shape index (κ2) is 5.96. The number of rotatable bonds is 3.